The topological polar surface area (TPSA) is 0 Å². The maximum atomic E-state index is 14.6. The van der Waals surface area contributed by atoms with Crippen LogP contribution in [0, 0.1) is 0 Å². The number of allylic oxidation sites excluding steroid dienone is 4. The van der Waals surface area contributed by atoms with Gasteiger partial charge in [-0.2, -0.15) is 39.5 Å². The Morgan fingerprint density at radius 3 is 1.53 bits per heavy atom. The Balaban J connectivity index is 0.00000222. The van der Waals surface area contributed by atoms with Gasteiger partial charge in [-0.25, -0.2) is 0 Å². The molecule has 0 aromatic heterocycles. The van der Waals surface area contributed by atoms with Crippen LogP contribution in [0.3, 0.4) is 0 Å². The average molecular weight is 541 g/mol. The van der Waals surface area contributed by atoms with Crippen LogP contribution in [0.1, 0.15) is 33.1 Å². The van der Waals surface area contributed by atoms with Gasteiger partial charge in [-0.05, 0) is 49.3 Å². The van der Waals surface area contributed by atoms with Gasteiger partial charge >= 0.3 is 23.9 Å². The monoisotopic (exact) mass is 541 g/mol. The second-order valence-corrected chi connectivity index (χ2v) is 11.5. The zero-order valence-corrected chi connectivity index (χ0v) is 20.6. The predicted molar refractivity (Wildman–Crippen MR) is 127 cm³/mol. The lowest BCUT2D eigenvalue weighted by atomic mass is 10.0. The van der Waals surface area contributed by atoms with Gasteiger partial charge in [0.25, 0.3) is 0 Å². The van der Waals surface area contributed by atoms with Crippen molar-refractivity contribution in [1.82, 2.24) is 0 Å². The van der Waals surface area contributed by atoms with E-state index in [4.69, 9.17) is 0 Å². The van der Waals surface area contributed by atoms with E-state index >= 15 is 0 Å². The molecule has 0 bridgehead atoms. The Hall–Kier alpha value is -2.28. The minimum absolute atomic E-state index is 0.528. The van der Waals surface area contributed by atoms with Crippen LogP contribution < -0.4 is 10.6 Å². The summed E-state index contributed by atoms with van der Waals surface area (Å²) in [5, 5.41) is 1.64. The zero-order chi connectivity index (χ0) is 27.3. The molecule has 0 amide bonds. The van der Waals surface area contributed by atoms with Gasteiger partial charge in [0.15, 0.2) is 0 Å². The van der Waals surface area contributed by atoms with E-state index < -0.39 is 43.8 Å². The number of alkyl halides is 9. The Morgan fingerprint density at radius 1 is 0.667 bits per heavy atom. The maximum Gasteiger partial charge on any atom is 0.460 e. The molecule has 0 saturated carbocycles. The second kappa shape index (κ2) is 11.4. The summed E-state index contributed by atoms with van der Waals surface area (Å²) in [6.45, 7) is 4.00. The second-order valence-electron chi connectivity index (χ2n) is 7.91. The van der Waals surface area contributed by atoms with E-state index in [0.717, 1.165) is 0 Å². The van der Waals surface area contributed by atoms with E-state index in [2.05, 4.69) is 0 Å². The van der Waals surface area contributed by atoms with Crippen LogP contribution in [0.4, 0.5) is 39.5 Å². The largest absolute Gasteiger partial charge is 0.460 e. The van der Waals surface area contributed by atoms with Gasteiger partial charge in [0.2, 0.25) is 0 Å². The SMILES string of the molecule is CC.FC(F)(F)C(F)(F)C(F)(F)C(F)(F)CC[P+](C1=CCCC=C1)(c1ccccc1)c1ccccc1. The highest BCUT2D eigenvalue weighted by Gasteiger charge is 2.81. The number of hydrogen-bond acceptors (Lipinski definition) is 0. The molecule has 0 nitrogen and oxygen atoms in total. The number of halogens is 9. The van der Waals surface area contributed by atoms with Crippen molar-refractivity contribution in [2.45, 2.75) is 57.1 Å². The van der Waals surface area contributed by atoms with E-state index in [0.29, 0.717) is 28.8 Å². The molecule has 0 saturated heterocycles. The lowest BCUT2D eigenvalue weighted by Crippen LogP contribution is -2.61. The van der Waals surface area contributed by atoms with Gasteiger partial charge in [0, 0.05) is 0 Å². The van der Waals surface area contributed by atoms with Crippen molar-refractivity contribution in [1.29, 1.82) is 0 Å². The summed E-state index contributed by atoms with van der Waals surface area (Å²) in [6, 6.07) is 16.4. The first-order valence-electron chi connectivity index (χ1n) is 11.3. The molecule has 0 N–H and O–H groups in total. The van der Waals surface area contributed by atoms with Gasteiger partial charge in [0.1, 0.15) is 23.2 Å². The van der Waals surface area contributed by atoms with Crippen LogP contribution in [0.25, 0.3) is 0 Å². The van der Waals surface area contributed by atoms with Crippen molar-refractivity contribution >= 4 is 17.9 Å². The fourth-order valence-electron chi connectivity index (χ4n) is 3.95. The Morgan fingerprint density at radius 2 is 1.14 bits per heavy atom. The number of benzene rings is 2. The normalized spacial score (nSPS) is 15.1. The molecule has 36 heavy (non-hydrogen) atoms. The summed E-state index contributed by atoms with van der Waals surface area (Å²) in [4.78, 5) is 0. The molecule has 1 aliphatic rings. The van der Waals surface area contributed by atoms with Crippen molar-refractivity contribution in [2.24, 2.45) is 0 Å². The molecule has 0 fully saturated rings. The summed E-state index contributed by atoms with van der Waals surface area (Å²) < 4.78 is 122. The fraction of sp³-hybridized carbons (Fsp3) is 0.385. The molecule has 3 rings (SSSR count). The third kappa shape index (κ3) is 5.51. The van der Waals surface area contributed by atoms with Crippen LogP contribution in [-0.2, 0) is 0 Å². The van der Waals surface area contributed by atoms with Gasteiger partial charge in [-0.15, -0.1) is 0 Å². The highest BCUT2D eigenvalue weighted by molar-refractivity contribution is 7.93. The number of rotatable bonds is 8. The standard InChI is InChI=1S/C24H21F9P.C2H6/c25-21(26,22(27,28)23(29,30)24(31,32)33)16-17-34(18-10-4-1-5-11-18,19-12-6-2-7-13-19)20-14-8-3-9-15-20;1-2/h1-2,4-8,10-15H,3,9,16-17H2;1-2H3/q+1;. The molecule has 2 aromatic rings. The third-order valence-corrected chi connectivity index (χ3v) is 10.2. The lowest BCUT2D eigenvalue weighted by molar-refractivity contribution is -0.396. The highest BCUT2D eigenvalue weighted by atomic mass is 31.2. The van der Waals surface area contributed by atoms with E-state index in [9.17, 15) is 39.5 Å². The predicted octanol–water partition coefficient (Wildman–Crippen LogP) is 8.77. The molecule has 198 valence electrons. The van der Waals surface area contributed by atoms with Crippen LogP contribution in [0.2, 0.25) is 0 Å². The molecular formula is C26H27F9P+. The molecule has 2 aromatic carbocycles. The minimum atomic E-state index is -6.89. The molecule has 1 aliphatic carbocycles. The van der Waals surface area contributed by atoms with Crippen LogP contribution in [0.5, 0.6) is 0 Å². The molecule has 0 atom stereocenters. The Labute approximate surface area is 205 Å². The quantitative estimate of drug-likeness (QED) is 0.232. The Bertz CT molecular complexity index is 987. The van der Waals surface area contributed by atoms with Crippen molar-refractivity contribution in [2.75, 3.05) is 6.16 Å². The molecule has 0 heterocycles. The summed E-state index contributed by atoms with van der Waals surface area (Å²) >= 11 is 0. The van der Waals surface area contributed by atoms with Gasteiger partial charge in [-0.3, -0.25) is 0 Å². The van der Waals surface area contributed by atoms with Crippen molar-refractivity contribution in [3.8, 4) is 0 Å². The average Bonchev–Trinajstić information content (AvgIpc) is 2.87. The fourth-order valence-corrected chi connectivity index (χ4v) is 8.40. The van der Waals surface area contributed by atoms with Crippen molar-refractivity contribution in [3.05, 3.63) is 84.2 Å². The molecule has 10 heteroatoms. The zero-order valence-electron chi connectivity index (χ0n) is 19.7. The summed E-state index contributed by atoms with van der Waals surface area (Å²) in [5.74, 6) is -19.1. The van der Waals surface area contributed by atoms with E-state index in [-0.39, 0.29) is 0 Å². The molecule has 0 radical (unpaired) electrons. The Kier molecular flexibility index (Phi) is 9.49. The first kappa shape index (κ1) is 29.9. The van der Waals surface area contributed by atoms with Crippen LogP contribution in [-0.4, -0.2) is 30.1 Å². The molecular weight excluding hydrogens is 514 g/mol. The van der Waals surface area contributed by atoms with Crippen molar-refractivity contribution in [3.63, 3.8) is 0 Å². The summed E-state index contributed by atoms with van der Waals surface area (Å²) in [7, 11) is -3.10. The maximum absolute atomic E-state index is 14.6. The first-order valence-corrected chi connectivity index (χ1v) is 13.3. The third-order valence-electron chi connectivity index (χ3n) is 5.78. The summed E-state index contributed by atoms with van der Waals surface area (Å²) in [5.41, 5.74) is 0. The molecule has 0 aliphatic heterocycles. The summed E-state index contributed by atoms with van der Waals surface area (Å²) in [6.07, 6.45) is -2.94. The highest BCUT2D eigenvalue weighted by Crippen LogP contribution is 2.66. The van der Waals surface area contributed by atoms with Gasteiger partial charge in [-0.1, -0.05) is 56.3 Å². The van der Waals surface area contributed by atoms with Gasteiger partial charge < -0.3 is 0 Å². The minimum Gasteiger partial charge on any atom is -0.199 e. The molecule has 0 unspecified atom stereocenters. The molecule has 0 spiro atoms. The van der Waals surface area contributed by atoms with E-state index in [1.165, 1.54) is 0 Å². The first-order chi connectivity index (χ1) is 16.8. The van der Waals surface area contributed by atoms with Crippen LogP contribution in [0.15, 0.2) is 84.2 Å². The van der Waals surface area contributed by atoms with E-state index in [1.807, 2.05) is 13.8 Å². The smallest absolute Gasteiger partial charge is 0.199 e. The van der Waals surface area contributed by atoms with Crippen molar-refractivity contribution < 1.29 is 39.5 Å². The van der Waals surface area contributed by atoms with Crippen LogP contribution >= 0.6 is 7.26 Å². The van der Waals surface area contributed by atoms with E-state index in [1.54, 1.807) is 78.9 Å². The van der Waals surface area contributed by atoms with Gasteiger partial charge in [0.05, 0.1) is 12.6 Å². The number of hydrogen-bond donors (Lipinski definition) is 0. The lowest BCUT2D eigenvalue weighted by Gasteiger charge is -2.35.